The molecule has 0 bridgehead atoms. The van der Waals surface area contributed by atoms with Crippen molar-refractivity contribution >= 4 is 185 Å². The molecule has 0 saturated heterocycles. The number of allylic oxidation sites excluding steroid dienone is 1. The molecule has 2 aromatic heterocycles. The summed E-state index contributed by atoms with van der Waals surface area (Å²) in [5, 5.41) is 28.1. The molecule has 103 heavy (non-hydrogen) atoms. The van der Waals surface area contributed by atoms with Gasteiger partial charge in [0.15, 0.2) is 22.3 Å². The first-order valence-corrected chi connectivity index (χ1v) is 37.7. The Bertz CT molecular complexity index is 7050. The normalized spacial score (nSPS) is 12.8. The summed E-state index contributed by atoms with van der Waals surface area (Å²) in [5.41, 5.74) is 13.5. The van der Waals surface area contributed by atoms with Gasteiger partial charge < -0.3 is 16.8 Å². The van der Waals surface area contributed by atoms with Crippen LogP contribution in [-0.2, 0) is 6.42 Å². The van der Waals surface area contributed by atoms with Gasteiger partial charge in [-0.15, -0.1) is 4.86 Å². The molecule has 0 fully saturated rings. The van der Waals surface area contributed by atoms with E-state index in [0.29, 0.717) is 22.3 Å². The summed E-state index contributed by atoms with van der Waals surface area (Å²) in [6, 6.07) is 116. The van der Waals surface area contributed by atoms with E-state index < -0.39 is 16.3 Å². The average Bonchev–Trinajstić information content (AvgIpc) is 1.71. The predicted octanol–water partition coefficient (Wildman–Crippen LogP) is 29.2. The van der Waals surface area contributed by atoms with E-state index in [4.69, 9.17) is 16.8 Å². The number of fused-ring (bicyclic) bond motifs is 22. The maximum Gasteiger partial charge on any atom is 0.319 e. The molecule has 0 amide bonds. The summed E-state index contributed by atoms with van der Waals surface area (Å²) >= 11 is 0. The minimum Gasteiger partial charge on any atom is -0.407 e. The van der Waals surface area contributed by atoms with Crippen molar-refractivity contribution < 1.29 is 16.8 Å². The number of benzene rings is 19. The van der Waals surface area contributed by atoms with Gasteiger partial charge in [0.05, 0.1) is 0 Å². The first-order valence-electron chi connectivity index (χ1n) is 35.3. The minimum atomic E-state index is -2.35. The fourth-order valence-electron chi connectivity index (χ4n) is 17.4. The molecular weight excluding hydrogens is 1290 g/mol. The van der Waals surface area contributed by atoms with Crippen LogP contribution in [0.5, 0.6) is 0 Å². The maximum atomic E-state index is 8.27. The first kappa shape index (κ1) is 58.3. The minimum absolute atomic E-state index is 0.697. The SMILES string of the molecule is C1=Cc2c(cc3ccccc3c2-c2cc3ccccc3c3c2op(Np2oc4c(-c5c6ccccc6cc6ccccc56)cc5ccccc5c4c4c(o2)c(-c2c5ccccc5cc5ccccc25)cc2ccccc24)oc2c(-c4c5ccccc5cc5ccccc45)cc4ccccc4c23)CC1. The van der Waals surface area contributed by atoms with Crippen molar-refractivity contribution in [3.8, 4) is 44.5 Å². The highest BCUT2D eigenvalue weighted by atomic mass is 31.2. The lowest BCUT2D eigenvalue weighted by atomic mass is 9.84. The molecule has 1 atom stereocenters. The van der Waals surface area contributed by atoms with Crippen molar-refractivity contribution in [3.63, 3.8) is 0 Å². The summed E-state index contributed by atoms with van der Waals surface area (Å²) < 4.78 is 33.1. The van der Waals surface area contributed by atoms with Crippen molar-refractivity contribution in [3.05, 3.63) is 333 Å². The molecule has 1 unspecified atom stereocenters. The van der Waals surface area contributed by atoms with Crippen molar-refractivity contribution in [1.82, 2.24) is 0 Å². The number of aryl methyl sites for hydroxylation is 1. The summed E-state index contributed by atoms with van der Waals surface area (Å²) in [6.07, 6.45) is 6.56. The lowest BCUT2D eigenvalue weighted by Gasteiger charge is -2.20. The summed E-state index contributed by atoms with van der Waals surface area (Å²) in [5.74, 6) is 0. The molecule has 1 N–H and O–H groups in total. The van der Waals surface area contributed by atoms with Crippen molar-refractivity contribution in [2.45, 2.75) is 12.8 Å². The number of hydrogen-bond acceptors (Lipinski definition) is 5. The predicted molar refractivity (Wildman–Crippen MR) is 439 cm³/mol. The van der Waals surface area contributed by atoms with Gasteiger partial charge in [-0.25, -0.2) is 0 Å². The van der Waals surface area contributed by atoms with Crippen LogP contribution in [0.4, 0.5) is 0 Å². The Morgan fingerprint density at radius 3 is 0.738 bits per heavy atom. The highest BCUT2D eigenvalue weighted by molar-refractivity contribution is 7.57. The van der Waals surface area contributed by atoms with Crippen LogP contribution in [0, 0.1) is 0 Å². The van der Waals surface area contributed by atoms with E-state index in [1.807, 2.05) is 0 Å². The van der Waals surface area contributed by atoms with Gasteiger partial charge in [-0.2, -0.15) is 0 Å². The summed E-state index contributed by atoms with van der Waals surface area (Å²) in [6.45, 7) is 0. The van der Waals surface area contributed by atoms with E-state index >= 15 is 0 Å². The average molecular weight is 1350 g/mol. The van der Waals surface area contributed by atoms with Gasteiger partial charge in [-0.1, -0.05) is 285 Å². The molecule has 5 nitrogen and oxygen atoms in total. The monoisotopic (exact) mass is 1350 g/mol. The molecule has 0 spiro atoms. The van der Waals surface area contributed by atoms with Gasteiger partial charge in [0.2, 0.25) is 0 Å². The molecule has 22 rings (SSSR count). The van der Waals surface area contributed by atoms with Crippen LogP contribution in [0.3, 0.4) is 0 Å². The van der Waals surface area contributed by atoms with Gasteiger partial charge in [0.1, 0.15) is 0 Å². The second kappa shape index (κ2) is 23.0. The molecule has 21 aromatic rings. The zero-order chi connectivity index (χ0) is 67.4. The third-order valence-corrected chi connectivity index (χ3v) is 24.5. The molecule has 7 heteroatoms. The molecule has 1 aliphatic rings. The molecule has 0 aliphatic heterocycles. The topological polar surface area (TPSA) is 64.6 Å². The highest BCUT2D eigenvalue weighted by Crippen LogP contribution is 2.56. The molecule has 1 aliphatic carbocycles. The van der Waals surface area contributed by atoms with Gasteiger partial charge in [-0.3, -0.25) is 0 Å². The van der Waals surface area contributed by atoms with Crippen LogP contribution >= 0.6 is 16.3 Å². The molecule has 482 valence electrons. The Labute approximate surface area is 592 Å². The molecule has 0 radical (unpaired) electrons. The van der Waals surface area contributed by atoms with Crippen molar-refractivity contribution in [2.24, 2.45) is 0 Å². The Kier molecular flexibility index (Phi) is 13.1. The third kappa shape index (κ3) is 9.04. The van der Waals surface area contributed by atoms with E-state index in [1.165, 1.54) is 16.5 Å². The van der Waals surface area contributed by atoms with Crippen molar-refractivity contribution in [1.29, 1.82) is 0 Å². The van der Waals surface area contributed by atoms with Crippen LogP contribution < -0.4 is 4.86 Å². The summed E-state index contributed by atoms with van der Waals surface area (Å²) in [4.78, 5) is 4.16. The van der Waals surface area contributed by atoms with Crippen LogP contribution in [0.15, 0.2) is 338 Å². The van der Waals surface area contributed by atoms with Crippen LogP contribution in [0.25, 0.3) is 213 Å². The van der Waals surface area contributed by atoms with E-state index in [9.17, 15) is 0 Å². The molecule has 19 aromatic carbocycles. The van der Waals surface area contributed by atoms with E-state index in [2.05, 4.69) is 332 Å². The van der Waals surface area contributed by atoms with Crippen LogP contribution in [0.2, 0.25) is 0 Å². The third-order valence-electron chi connectivity index (χ3n) is 21.8. The first-order chi connectivity index (χ1) is 51.1. The van der Waals surface area contributed by atoms with Crippen LogP contribution in [0.1, 0.15) is 17.5 Å². The number of rotatable bonds is 6. The highest BCUT2D eigenvalue weighted by Gasteiger charge is 2.29. The maximum absolute atomic E-state index is 8.27. The quantitative estimate of drug-likeness (QED) is 0.168. The molecule has 0 saturated carbocycles. The second-order valence-electron chi connectivity index (χ2n) is 27.4. The fourth-order valence-corrected chi connectivity index (χ4v) is 20.1. The summed E-state index contributed by atoms with van der Waals surface area (Å²) in [7, 11) is -4.70. The number of nitrogens with one attached hydrogen (secondary N) is 1. The van der Waals surface area contributed by atoms with Crippen molar-refractivity contribution in [2.75, 3.05) is 4.86 Å². The Morgan fingerprint density at radius 2 is 0.456 bits per heavy atom. The largest absolute Gasteiger partial charge is 0.407 e. The van der Waals surface area contributed by atoms with E-state index in [0.717, 1.165) is 192 Å². The molecular formula is C96H59NO4P2. The lowest BCUT2D eigenvalue weighted by Crippen LogP contribution is -1.99. The second-order valence-corrected chi connectivity index (χ2v) is 30.0. The van der Waals surface area contributed by atoms with E-state index in [-0.39, 0.29) is 0 Å². The van der Waals surface area contributed by atoms with Crippen LogP contribution in [-0.4, -0.2) is 0 Å². The van der Waals surface area contributed by atoms with Gasteiger partial charge in [0, 0.05) is 66.1 Å². The lowest BCUT2D eigenvalue weighted by molar-refractivity contribution is 0.635. The Hall–Kier alpha value is -12.5. The van der Waals surface area contributed by atoms with Gasteiger partial charge in [-0.05, 0) is 185 Å². The number of hydrogen-bond donors (Lipinski definition) is 1. The Morgan fingerprint density at radius 1 is 0.233 bits per heavy atom. The fraction of sp³-hybridized carbons (Fsp3) is 0.0208. The standard InChI is InChI=1S/C96H59NO4P2/c1-13-37-69-57(25-1)49-58-26-2-14-38-70(58)85(69)81-53-65-33-9-21-45-77(65)89-90-78-46-22-10-34-66(78)54-82(86-71-39-15-3-27-59(71)50-60-28-4-16-40-72(60)86)94(90)99-102(98-93(81)89)97-103-100-95-83(87-73-41-17-5-29-61(73)51-62-30-6-18-42-74(62)87)55-67-35-11-23-47-79(67)91(95)92-80-48-24-12-36-68(80)56-84(96(92)101-103)88-75-43-19-7-31-63(75)52-64-32-8-20-44-76(64)88/h1-7,9-31,33-56,97H,8,32H2. The molecule has 2 heterocycles. The Balaban J connectivity index is 0.973. The van der Waals surface area contributed by atoms with Gasteiger partial charge >= 0.3 is 16.3 Å². The van der Waals surface area contributed by atoms with Gasteiger partial charge in [0.25, 0.3) is 0 Å². The van der Waals surface area contributed by atoms with E-state index in [1.54, 1.807) is 0 Å². The zero-order valence-electron chi connectivity index (χ0n) is 55.6. The zero-order valence-corrected chi connectivity index (χ0v) is 57.4. The smallest absolute Gasteiger partial charge is 0.319 e.